The standard InChI is InChI=1S/C12H12ClN3O2/c1-7-5-15-11(18-7)6-16-12(17)9-4-8(13)2-3-10(9)14/h2-5H,6,14H2,1H3,(H,16,17). The summed E-state index contributed by atoms with van der Waals surface area (Å²) in [6.07, 6.45) is 1.59. The van der Waals surface area contributed by atoms with Crippen molar-refractivity contribution in [2.45, 2.75) is 13.5 Å². The monoisotopic (exact) mass is 265 g/mol. The second-order valence-electron chi connectivity index (χ2n) is 3.78. The number of nitrogen functional groups attached to an aromatic ring is 1. The Bertz CT molecular complexity index is 580. The van der Waals surface area contributed by atoms with Crippen molar-refractivity contribution in [1.82, 2.24) is 10.3 Å². The largest absolute Gasteiger partial charge is 0.444 e. The molecule has 0 bridgehead atoms. The lowest BCUT2D eigenvalue weighted by Gasteiger charge is -2.06. The summed E-state index contributed by atoms with van der Waals surface area (Å²) in [6.45, 7) is 1.99. The van der Waals surface area contributed by atoms with Crippen molar-refractivity contribution in [3.05, 3.63) is 46.6 Å². The molecule has 0 aliphatic rings. The molecule has 0 fully saturated rings. The van der Waals surface area contributed by atoms with E-state index in [-0.39, 0.29) is 12.5 Å². The Balaban J connectivity index is 2.05. The van der Waals surface area contributed by atoms with Crippen LogP contribution in [-0.2, 0) is 6.54 Å². The zero-order valence-corrected chi connectivity index (χ0v) is 10.5. The maximum absolute atomic E-state index is 11.9. The van der Waals surface area contributed by atoms with Crippen LogP contribution in [-0.4, -0.2) is 10.9 Å². The van der Waals surface area contributed by atoms with Gasteiger partial charge in [-0.25, -0.2) is 4.98 Å². The number of aryl methyl sites for hydroxylation is 1. The third-order valence-corrected chi connectivity index (χ3v) is 2.56. The average Bonchev–Trinajstić information content (AvgIpc) is 2.75. The molecule has 0 radical (unpaired) electrons. The summed E-state index contributed by atoms with van der Waals surface area (Å²) < 4.78 is 5.24. The van der Waals surface area contributed by atoms with Gasteiger partial charge in [0.2, 0.25) is 5.89 Å². The highest BCUT2D eigenvalue weighted by Crippen LogP contribution is 2.17. The molecule has 1 amide bonds. The third kappa shape index (κ3) is 2.81. The number of nitrogens with two attached hydrogens (primary N) is 1. The summed E-state index contributed by atoms with van der Waals surface area (Å²) in [6, 6.07) is 4.74. The van der Waals surface area contributed by atoms with Gasteiger partial charge < -0.3 is 15.5 Å². The highest BCUT2D eigenvalue weighted by Gasteiger charge is 2.11. The van der Waals surface area contributed by atoms with E-state index >= 15 is 0 Å². The smallest absolute Gasteiger partial charge is 0.253 e. The molecule has 1 aromatic heterocycles. The minimum atomic E-state index is -0.314. The van der Waals surface area contributed by atoms with E-state index in [0.29, 0.717) is 27.9 Å². The Morgan fingerprint density at radius 2 is 2.33 bits per heavy atom. The minimum absolute atomic E-state index is 0.207. The van der Waals surface area contributed by atoms with E-state index < -0.39 is 0 Å². The number of rotatable bonds is 3. The molecule has 0 spiro atoms. The van der Waals surface area contributed by atoms with Gasteiger partial charge in [-0.15, -0.1) is 0 Å². The predicted molar refractivity (Wildman–Crippen MR) is 68.3 cm³/mol. The molecule has 0 aliphatic carbocycles. The fourth-order valence-corrected chi connectivity index (χ4v) is 1.63. The molecule has 0 atom stereocenters. The molecule has 18 heavy (non-hydrogen) atoms. The number of anilines is 1. The van der Waals surface area contributed by atoms with Crippen LogP contribution in [0.25, 0.3) is 0 Å². The summed E-state index contributed by atoms with van der Waals surface area (Å²) in [5.74, 6) is 0.828. The maximum atomic E-state index is 11.9. The molecule has 5 nitrogen and oxygen atoms in total. The predicted octanol–water partition coefficient (Wildman–Crippen LogP) is 2.15. The van der Waals surface area contributed by atoms with Crippen molar-refractivity contribution in [1.29, 1.82) is 0 Å². The number of nitrogens with one attached hydrogen (secondary N) is 1. The van der Waals surface area contributed by atoms with Crippen molar-refractivity contribution in [2.24, 2.45) is 0 Å². The average molecular weight is 266 g/mol. The molecule has 2 aromatic rings. The van der Waals surface area contributed by atoms with Crippen molar-refractivity contribution < 1.29 is 9.21 Å². The Labute approximate surface area is 109 Å². The van der Waals surface area contributed by atoms with Gasteiger partial charge in [-0.05, 0) is 25.1 Å². The minimum Gasteiger partial charge on any atom is -0.444 e. The van der Waals surface area contributed by atoms with Crippen LogP contribution in [0.4, 0.5) is 5.69 Å². The number of carbonyl (C=O) groups excluding carboxylic acids is 1. The highest BCUT2D eigenvalue weighted by atomic mass is 35.5. The summed E-state index contributed by atoms with van der Waals surface area (Å²) >= 11 is 5.81. The summed E-state index contributed by atoms with van der Waals surface area (Å²) in [7, 11) is 0. The lowest BCUT2D eigenvalue weighted by Crippen LogP contribution is -2.23. The van der Waals surface area contributed by atoms with Gasteiger partial charge in [0.05, 0.1) is 18.3 Å². The Morgan fingerprint density at radius 3 is 3.00 bits per heavy atom. The molecular weight excluding hydrogens is 254 g/mol. The van der Waals surface area contributed by atoms with Gasteiger partial charge in [0.15, 0.2) is 0 Å². The molecule has 1 aromatic carbocycles. The van der Waals surface area contributed by atoms with E-state index in [9.17, 15) is 4.79 Å². The van der Waals surface area contributed by atoms with Gasteiger partial charge >= 0.3 is 0 Å². The number of halogens is 1. The van der Waals surface area contributed by atoms with E-state index in [4.69, 9.17) is 21.8 Å². The molecule has 0 unspecified atom stereocenters. The summed E-state index contributed by atoms with van der Waals surface area (Å²) in [5, 5.41) is 3.12. The first-order chi connectivity index (χ1) is 8.56. The number of nitrogens with zero attached hydrogens (tertiary/aromatic N) is 1. The topological polar surface area (TPSA) is 81.2 Å². The first-order valence-electron chi connectivity index (χ1n) is 5.31. The molecular formula is C12H12ClN3O2. The lowest BCUT2D eigenvalue weighted by atomic mass is 10.1. The van der Waals surface area contributed by atoms with Gasteiger partial charge in [0.25, 0.3) is 5.91 Å². The van der Waals surface area contributed by atoms with E-state index in [1.165, 1.54) is 6.07 Å². The van der Waals surface area contributed by atoms with Crippen LogP contribution in [0.3, 0.4) is 0 Å². The van der Waals surface area contributed by atoms with Crippen LogP contribution in [0, 0.1) is 6.92 Å². The number of carbonyl (C=O) groups is 1. The van der Waals surface area contributed by atoms with Crippen molar-refractivity contribution in [3.8, 4) is 0 Å². The number of hydrogen-bond acceptors (Lipinski definition) is 4. The molecule has 6 heteroatoms. The molecule has 0 saturated heterocycles. The van der Waals surface area contributed by atoms with Gasteiger partial charge in [-0.2, -0.15) is 0 Å². The van der Waals surface area contributed by atoms with E-state index in [1.807, 2.05) is 0 Å². The number of oxazole rings is 1. The van der Waals surface area contributed by atoms with Crippen LogP contribution in [0.5, 0.6) is 0 Å². The van der Waals surface area contributed by atoms with Gasteiger partial charge in [0, 0.05) is 10.7 Å². The normalized spacial score (nSPS) is 10.3. The number of hydrogen-bond donors (Lipinski definition) is 2. The second kappa shape index (κ2) is 5.10. The van der Waals surface area contributed by atoms with Crippen LogP contribution in [0.2, 0.25) is 5.02 Å². The summed E-state index contributed by atoms with van der Waals surface area (Å²) in [5.41, 5.74) is 6.42. The first kappa shape index (κ1) is 12.4. The number of aromatic nitrogens is 1. The molecule has 3 N–H and O–H groups in total. The Morgan fingerprint density at radius 1 is 1.56 bits per heavy atom. The first-order valence-corrected chi connectivity index (χ1v) is 5.68. The maximum Gasteiger partial charge on any atom is 0.253 e. The van der Waals surface area contributed by atoms with Crippen LogP contribution >= 0.6 is 11.6 Å². The van der Waals surface area contributed by atoms with Crippen LogP contribution in [0.15, 0.2) is 28.8 Å². The number of amides is 1. The molecule has 94 valence electrons. The van der Waals surface area contributed by atoms with Crippen molar-refractivity contribution >= 4 is 23.2 Å². The molecule has 0 aliphatic heterocycles. The SMILES string of the molecule is Cc1cnc(CNC(=O)c2cc(Cl)ccc2N)o1. The van der Waals surface area contributed by atoms with Gasteiger partial charge in [-0.1, -0.05) is 11.6 Å². The van der Waals surface area contributed by atoms with Crippen LogP contribution in [0.1, 0.15) is 22.0 Å². The van der Waals surface area contributed by atoms with E-state index in [2.05, 4.69) is 10.3 Å². The van der Waals surface area contributed by atoms with Crippen LogP contribution < -0.4 is 11.1 Å². The number of benzene rings is 1. The van der Waals surface area contributed by atoms with Gasteiger partial charge in [-0.3, -0.25) is 4.79 Å². The van der Waals surface area contributed by atoms with E-state index in [0.717, 1.165) is 0 Å². The Hall–Kier alpha value is -2.01. The van der Waals surface area contributed by atoms with Crippen molar-refractivity contribution in [3.63, 3.8) is 0 Å². The lowest BCUT2D eigenvalue weighted by molar-refractivity contribution is 0.0948. The molecule has 1 heterocycles. The molecule has 0 saturated carbocycles. The fourth-order valence-electron chi connectivity index (χ4n) is 1.46. The second-order valence-corrected chi connectivity index (χ2v) is 4.22. The van der Waals surface area contributed by atoms with Crippen molar-refractivity contribution in [2.75, 3.05) is 5.73 Å². The zero-order valence-electron chi connectivity index (χ0n) is 9.74. The quantitative estimate of drug-likeness (QED) is 0.833. The Kier molecular flexibility index (Phi) is 3.53. The van der Waals surface area contributed by atoms with Gasteiger partial charge in [0.1, 0.15) is 5.76 Å². The highest BCUT2D eigenvalue weighted by molar-refractivity contribution is 6.31. The fraction of sp³-hybridized carbons (Fsp3) is 0.167. The summed E-state index contributed by atoms with van der Waals surface area (Å²) in [4.78, 5) is 15.9. The van der Waals surface area contributed by atoms with E-state index in [1.54, 1.807) is 25.3 Å². The molecule has 2 rings (SSSR count). The third-order valence-electron chi connectivity index (χ3n) is 2.33. The zero-order chi connectivity index (χ0) is 13.1.